The molecule has 0 bridgehead atoms. The van der Waals surface area contributed by atoms with Gasteiger partial charge in [-0.15, -0.1) is 45.3 Å². The molecule has 4 heterocycles. The van der Waals surface area contributed by atoms with E-state index in [9.17, 15) is 4.79 Å². The monoisotopic (exact) mass is 700 g/mol. The quantitative estimate of drug-likeness (QED) is 0.0682. The molecule has 7 rings (SSSR count). The third-order valence-corrected chi connectivity index (χ3v) is 13.5. The van der Waals surface area contributed by atoms with Crippen LogP contribution in [0.15, 0.2) is 42.5 Å². The van der Waals surface area contributed by atoms with Crippen LogP contribution in [0.4, 0.5) is 0 Å². The molecule has 0 fully saturated rings. The van der Waals surface area contributed by atoms with E-state index in [4.69, 9.17) is 14.2 Å². The van der Waals surface area contributed by atoms with E-state index in [2.05, 4.69) is 57.2 Å². The Bertz CT molecular complexity index is 2150. The summed E-state index contributed by atoms with van der Waals surface area (Å²) in [6.07, 6.45) is 7.03. The van der Waals surface area contributed by atoms with Crippen molar-refractivity contribution < 1.29 is 19.0 Å². The smallest absolute Gasteiger partial charge is 0.348 e. The number of carbonyl (C=O) groups excluding carboxylic acids is 1. The lowest BCUT2D eigenvalue weighted by atomic mass is 9.98. The maximum absolute atomic E-state index is 13.0. The lowest BCUT2D eigenvalue weighted by Crippen LogP contribution is -2.04. The Morgan fingerprint density at radius 3 is 1.94 bits per heavy atom. The van der Waals surface area contributed by atoms with E-state index < -0.39 is 0 Å². The van der Waals surface area contributed by atoms with Crippen molar-refractivity contribution in [3.8, 4) is 21.3 Å². The molecule has 4 aromatic heterocycles. The molecule has 8 heteroatoms. The van der Waals surface area contributed by atoms with Crippen molar-refractivity contribution in [3.63, 3.8) is 0 Å². The second kappa shape index (κ2) is 13.7. The number of rotatable bonds is 13. The van der Waals surface area contributed by atoms with Crippen molar-refractivity contribution in [2.45, 2.75) is 73.1 Å². The molecular formula is C39H40O4S4. The largest absolute Gasteiger partial charge is 0.493 e. The topological polar surface area (TPSA) is 44.8 Å². The number of benzene rings is 3. The van der Waals surface area contributed by atoms with Crippen LogP contribution >= 0.6 is 45.3 Å². The average Bonchev–Trinajstić information content (AvgIpc) is 3.83. The molecule has 0 amide bonds. The van der Waals surface area contributed by atoms with Crippen LogP contribution in [0.1, 0.15) is 78.7 Å². The summed E-state index contributed by atoms with van der Waals surface area (Å²) >= 11 is 6.98. The Morgan fingerprint density at radius 1 is 0.638 bits per heavy atom. The highest BCUT2D eigenvalue weighted by molar-refractivity contribution is 7.30. The summed E-state index contributed by atoms with van der Waals surface area (Å²) in [5.41, 5.74) is 0. The maximum Gasteiger partial charge on any atom is 0.348 e. The van der Waals surface area contributed by atoms with Gasteiger partial charge in [-0.1, -0.05) is 39.0 Å². The fraction of sp³-hybridized carbons (Fsp3) is 0.359. The molecule has 0 radical (unpaired) electrons. The standard InChI is InChI=1S/C39H40O4S4/c1-6-9-10-11-12-13-14-43-39(40)34-21-30-37(47-34)23(5)45-38(30)33-18-25-17-27-29(20-32(25)46-33)35(41-7-2)26-16-24-15-22(4)44-31(24)19-28(26)36(27)42-8-3/h15-21H,6-14H2,1-5H3. The van der Waals surface area contributed by atoms with E-state index in [1.54, 1.807) is 34.0 Å². The van der Waals surface area contributed by atoms with Crippen molar-refractivity contribution in [2.75, 3.05) is 19.8 Å². The van der Waals surface area contributed by atoms with Gasteiger partial charge in [-0.05, 0) is 87.4 Å². The molecule has 0 saturated heterocycles. The number of fused-ring (bicyclic) bond motifs is 5. The van der Waals surface area contributed by atoms with Crippen molar-refractivity contribution in [1.82, 2.24) is 0 Å². The van der Waals surface area contributed by atoms with Gasteiger partial charge in [-0.3, -0.25) is 0 Å². The number of hydrogen-bond donors (Lipinski definition) is 0. The van der Waals surface area contributed by atoms with Crippen LogP contribution in [0.25, 0.3) is 61.6 Å². The zero-order valence-corrected chi connectivity index (χ0v) is 30.9. The molecule has 7 aromatic rings. The summed E-state index contributed by atoms with van der Waals surface area (Å²) in [6.45, 7) is 12.3. The van der Waals surface area contributed by atoms with Crippen LogP contribution < -0.4 is 9.47 Å². The molecular weight excluding hydrogens is 661 g/mol. The van der Waals surface area contributed by atoms with Gasteiger partial charge in [-0.25, -0.2) is 4.79 Å². The van der Waals surface area contributed by atoms with E-state index in [0.29, 0.717) is 24.7 Å². The first kappa shape index (κ1) is 32.4. The summed E-state index contributed by atoms with van der Waals surface area (Å²) in [4.78, 5) is 18.6. The van der Waals surface area contributed by atoms with Crippen LogP contribution in [0, 0.1) is 13.8 Å². The summed E-state index contributed by atoms with van der Waals surface area (Å²) in [6, 6.07) is 15.7. The van der Waals surface area contributed by atoms with Crippen molar-refractivity contribution in [2.24, 2.45) is 0 Å². The zero-order valence-electron chi connectivity index (χ0n) is 27.7. The van der Waals surface area contributed by atoms with Gasteiger partial charge in [0.05, 0.1) is 24.7 Å². The van der Waals surface area contributed by atoms with Gasteiger partial charge in [0.2, 0.25) is 0 Å². The molecule has 0 aliphatic heterocycles. The third-order valence-electron chi connectivity index (χ3n) is 8.70. The molecule has 0 spiro atoms. The maximum atomic E-state index is 13.0. The van der Waals surface area contributed by atoms with E-state index in [1.165, 1.54) is 70.1 Å². The van der Waals surface area contributed by atoms with Crippen molar-refractivity contribution in [1.29, 1.82) is 0 Å². The Hall–Kier alpha value is -3.17. The number of unbranched alkanes of at least 4 members (excludes halogenated alkanes) is 5. The number of esters is 1. The fourth-order valence-corrected chi connectivity index (χ4v) is 11.0. The highest BCUT2D eigenvalue weighted by atomic mass is 32.1. The minimum Gasteiger partial charge on any atom is -0.493 e. The van der Waals surface area contributed by atoms with E-state index in [1.807, 2.05) is 31.3 Å². The van der Waals surface area contributed by atoms with Crippen LogP contribution in [0.2, 0.25) is 0 Å². The van der Waals surface area contributed by atoms with Gasteiger partial charge < -0.3 is 14.2 Å². The average molecular weight is 701 g/mol. The molecule has 0 unspecified atom stereocenters. The van der Waals surface area contributed by atoms with Gasteiger partial charge in [0.1, 0.15) is 16.4 Å². The number of carbonyl (C=O) groups is 1. The van der Waals surface area contributed by atoms with E-state index in [0.717, 1.165) is 51.3 Å². The molecule has 0 atom stereocenters. The highest BCUT2D eigenvalue weighted by Gasteiger charge is 2.22. The van der Waals surface area contributed by atoms with E-state index >= 15 is 0 Å². The predicted molar refractivity (Wildman–Crippen MR) is 206 cm³/mol. The van der Waals surface area contributed by atoms with Gasteiger partial charge in [0.15, 0.2) is 0 Å². The van der Waals surface area contributed by atoms with E-state index in [-0.39, 0.29) is 5.97 Å². The zero-order chi connectivity index (χ0) is 32.7. The predicted octanol–water partition coefficient (Wildman–Crippen LogP) is 13.3. The first-order valence-electron chi connectivity index (χ1n) is 16.7. The minimum absolute atomic E-state index is 0.202. The van der Waals surface area contributed by atoms with Gasteiger partial charge in [0, 0.05) is 55.7 Å². The molecule has 0 N–H and O–H groups in total. The second-order valence-electron chi connectivity index (χ2n) is 12.1. The summed E-state index contributed by atoms with van der Waals surface area (Å²) < 4.78 is 22.2. The Morgan fingerprint density at radius 2 is 1.26 bits per heavy atom. The number of aryl methyl sites for hydroxylation is 2. The highest BCUT2D eigenvalue weighted by Crippen LogP contribution is 2.50. The SMILES string of the molecule is CCCCCCCCOC(=O)c1cc2c(-c3cc4cc5c(OCC)c6cc7sc(C)cc7cc6c(OCC)c5cc4s3)sc(C)c2s1. The normalized spacial score (nSPS) is 11.9. The molecule has 0 aliphatic carbocycles. The summed E-state index contributed by atoms with van der Waals surface area (Å²) in [7, 11) is 0. The lowest BCUT2D eigenvalue weighted by Gasteiger charge is -2.17. The molecule has 244 valence electrons. The third kappa shape index (κ3) is 6.14. The fourth-order valence-electron chi connectivity index (χ4n) is 6.54. The van der Waals surface area contributed by atoms with Gasteiger partial charge >= 0.3 is 5.97 Å². The Kier molecular flexibility index (Phi) is 9.47. The second-order valence-corrected chi connectivity index (χ2v) is 16.8. The van der Waals surface area contributed by atoms with Gasteiger partial charge in [0.25, 0.3) is 0 Å². The van der Waals surface area contributed by atoms with Gasteiger partial charge in [-0.2, -0.15) is 0 Å². The van der Waals surface area contributed by atoms with Crippen LogP contribution in [0.3, 0.4) is 0 Å². The summed E-state index contributed by atoms with van der Waals surface area (Å²) in [5.74, 6) is 1.63. The lowest BCUT2D eigenvalue weighted by molar-refractivity contribution is 0.0503. The molecule has 4 nitrogen and oxygen atoms in total. The van der Waals surface area contributed by atoms with Crippen molar-refractivity contribution >= 4 is 103 Å². The molecule has 0 saturated carbocycles. The number of hydrogen-bond acceptors (Lipinski definition) is 8. The molecule has 3 aromatic carbocycles. The molecule has 47 heavy (non-hydrogen) atoms. The van der Waals surface area contributed by atoms with Crippen LogP contribution in [-0.2, 0) is 4.74 Å². The molecule has 0 aliphatic rings. The number of ether oxygens (including phenoxy) is 3. The Balaban J connectivity index is 1.28. The summed E-state index contributed by atoms with van der Waals surface area (Å²) in [5, 5.41) is 7.90. The number of thiophene rings is 4. The first-order valence-corrected chi connectivity index (χ1v) is 20.0. The van der Waals surface area contributed by atoms with Crippen molar-refractivity contribution in [3.05, 3.63) is 57.1 Å². The minimum atomic E-state index is -0.202. The Labute approximate surface area is 291 Å². The van der Waals surface area contributed by atoms with Crippen LogP contribution in [0.5, 0.6) is 11.5 Å². The van der Waals surface area contributed by atoms with Crippen LogP contribution in [-0.4, -0.2) is 25.8 Å². The first-order chi connectivity index (χ1) is 22.9.